The van der Waals surface area contributed by atoms with Gasteiger partial charge in [0.2, 0.25) is 5.91 Å². The molecule has 2 amide bonds. The number of carbonyl (C=O) groups is 2. The van der Waals surface area contributed by atoms with Gasteiger partial charge in [0.1, 0.15) is 0 Å². The van der Waals surface area contributed by atoms with Crippen molar-refractivity contribution >= 4 is 22.9 Å². The molecular weight excluding hydrogens is 368 g/mol. The topological polar surface area (TPSA) is 97.1 Å². The van der Waals surface area contributed by atoms with Crippen molar-refractivity contribution in [2.45, 2.75) is 13.3 Å². The van der Waals surface area contributed by atoms with E-state index in [0.717, 1.165) is 11.1 Å². The maximum Gasteiger partial charge on any atom is 0.270 e. The molecule has 144 valence electrons. The highest BCUT2D eigenvalue weighted by Gasteiger charge is 2.19. The van der Waals surface area contributed by atoms with Crippen LogP contribution >= 0.6 is 0 Å². The molecule has 0 fully saturated rings. The van der Waals surface area contributed by atoms with E-state index in [9.17, 15) is 9.59 Å². The molecule has 0 radical (unpaired) electrons. The van der Waals surface area contributed by atoms with E-state index in [-0.39, 0.29) is 18.0 Å². The minimum absolute atomic E-state index is 0.161. The number of aromatic nitrogens is 2. The summed E-state index contributed by atoms with van der Waals surface area (Å²) < 4.78 is 5.28. The molecule has 0 saturated carbocycles. The second-order valence-corrected chi connectivity index (χ2v) is 6.53. The molecule has 2 aromatic carbocycles. The van der Waals surface area contributed by atoms with E-state index in [1.165, 1.54) is 0 Å². The van der Waals surface area contributed by atoms with E-state index in [1.54, 1.807) is 13.0 Å². The zero-order valence-corrected chi connectivity index (χ0v) is 15.7. The second kappa shape index (κ2) is 7.93. The Labute approximate surface area is 166 Å². The van der Waals surface area contributed by atoms with Crippen molar-refractivity contribution in [3.63, 3.8) is 0 Å². The summed E-state index contributed by atoms with van der Waals surface area (Å²) in [6.45, 7) is 1.74. The molecular formula is C22H18N4O3. The minimum Gasteiger partial charge on any atom is -0.335 e. The number of carbonyl (C=O) groups excluding carboxylic acids is 2. The summed E-state index contributed by atoms with van der Waals surface area (Å²) in [6.07, 6.45) is 0.161. The number of fused-ring (bicyclic) bond motifs is 1. The molecule has 0 atom stereocenters. The number of pyridine rings is 1. The molecule has 0 aliphatic carbocycles. The van der Waals surface area contributed by atoms with Gasteiger partial charge in [-0.05, 0) is 18.6 Å². The van der Waals surface area contributed by atoms with Crippen LogP contribution in [0.25, 0.3) is 22.4 Å². The Morgan fingerprint density at radius 3 is 2.38 bits per heavy atom. The second-order valence-electron chi connectivity index (χ2n) is 6.53. The molecule has 4 rings (SSSR count). The third-order valence-corrected chi connectivity index (χ3v) is 4.45. The Morgan fingerprint density at radius 1 is 0.966 bits per heavy atom. The zero-order valence-electron chi connectivity index (χ0n) is 15.7. The number of nitrogens with one attached hydrogen (secondary N) is 2. The fourth-order valence-corrected chi connectivity index (χ4v) is 3.05. The van der Waals surface area contributed by atoms with Crippen LogP contribution in [0.4, 0.5) is 0 Å². The Kier molecular flexibility index (Phi) is 5.03. The van der Waals surface area contributed by atoms with Gasteiger partial charge in [0.05, 0.1) is 28.8 Å². The standard InChI is InChI=1S/C22H18N4O3/c1-14-20-17(21(28)25-24-19(27)12-15-8-4-2-5-9-15)13-18(23-22(20)29-26-14)16-10-6-3-7-11-16/h2-11,13H,12H2,1H3,(H,24,27)(H,25,28). The van der Waals surface area contributed by atoms with E-state index < -0.39 is 5.91 Å². The summed E-state index contributed by atoms with van der Waals surface area (Å²) in [5.41, 5.74) is 8.34. The Balaban J connectivity index is 1.58. The molecule has 29 heavy (non-hydrogen) atoms. The Bertz CT molecular complexity index is 1170. The van der Waals surface area contributed by atoms with Gasteiger partial charge in [0.25, 0.3) is 11.6 Å². The van der Waals surface area contributed by atoms with E-state index >= 15 is 0 Å². The lowest BCUT2D eigenvalue weighted by atomic mass is 10.1. The molecule has 4 aromatic rings. The van der Waals surface area contributed by atoms with Crippen LogP contribution in [0.3, 0.4) is 0 Å². The molecule has 0 aliphatic rings. The van der Waals surface area contributed by atoms with Crippen LogP contribution in [0.1, 0.15) is 21.6 Å². The molecule has 7 nitrogen and oxygen atoms in total. The van der Waals surface area contributed by atoms with Crippen LogP contribution in [0.15, 0.2) is 71.3 Å². The molecule has 0 aliphatic heterocycles. The average Bonchev–Trinajstić information content (AvgIpc) is 3.13. The first-order valence-electron chi connectivity index (χ1n) is 9.07. The zero-order chi connectivity index (χ0) is 20.2. The lowest BCUT2D eigenvalue weighted by Crippen LogP contribution is -2.42. The molecule has 2 N–H and O–H groups in total. The van der Waals surface area contributed by atoms with Crippen molar-refractivity contribution < 1.29 is 14.1 Å². The average molecular weight is 386 g/mol. The van der Waals surface area contributed by atoms with Gasteiger partial charge in [-0.2, -0.15) is 0 Å². The summed E-state index contributed by atoms with van der Waals surface area (Å²) in [4.78, 5) is 29.4. The Hall–Kier alpha value is -4.00. The quantitative estimate of drug-likeness (QED) is 0.525. The fourth-order valence-electron chi connectivity index (χ4n) is 3.05. The summed E-state index contributed by atoms with van der Waals surface area (Å²) >= 11 is 0. The highest BCUT2D eigenvalue weighted by atomic mass is 16.5. The van der Waals surface area contributed by atoms with Gasteiger partial charge in [0.15, 0.2) is 0 Å². The van der Waals surface area contributed by atoms with Gasteiger partial charge in [-0.1, -0.05) is 65.8 Å². The molecule has 2 aromatic heterocycles. The van der Waals surface area contributed by atoms with Gasteiger partial charge in [-0.3, -0.25) is 20.4 Å². The Morgan fingerprint density at radius 2 is 1.66 bits per heavy atom. The maximum atomic E-state index is 12.8. The van der Waals surface area contributed by atoms with Gasteiger partial charge in [0, 0.05) is 5.56 Å². The SMILES string of the molecule is Cc1noc2nc(-c3ccccc3)cc(C(=O)NNC(=O)Cc3ccccc3)c12. The van der Waals surface area contributed by atoms with Gasteiger partial charge in [-0.15, -0.1) is 0 Å². The van der Waals surface area contributed by atoms with Crippen molar-refractivity contribution in [3.05, 3.63) is 83.6 Å². The largest absolute Gasteiger partial charge is 0.335 e. The van der Waals surface area contributed by atoms with Crippen LogP contribution < -0.4 is 10.9 Å². The van der Waals surface area contributed by atoms with Crippen molar-refractivity contribution in [1.29, 1.82) is 0 Å². The number of benzene rings is 2. The first-order valence-corrected chi connectivity index (χ1v) is 9.07. The minimum atomic E-state index is -0.470. The molecule has 0 unspecified atom stereocenters. The lowest BCUT2D eigenvalue weighted by Gasteiger charge is -2.09. The number of hydrogen-bond acceptors (Lipinski definition) is 5. The van der Waals surface area contributed by atoms with E-state index in [0.29, 0.717) is 22.3 Å². The molecule has 0 saturated heterocycles. The van der Waals surface area contributed by atoms with Crippen LogP contribution in [0, 0.1) is 6.92 Å². The highest BCUT2D eigenvalue weighted by molar-refractivity contribution is 6.07. The van der Waals surface area contributed by atoms with E-state index in [4.69, 9.17) is 4.52 Å². The van der Waals surface area contributed by atoms with Crippen LogP contribution in [-0.2, 0) is 11.2 Å². The third kappa shape index (κ3) is 3.98. The number of aryl methyl sites for hydroxylation is 1. The maximum absolute atomic E-state index is 12.8. The first kappa shape index (κ1) is 18.4. The highest BCUT2D eigenvalue weighted by Crippen LogP contribution is 2.26. The first-order chi connectivity index (χ1) is 14.1. The van der Waals surface area contributed by atoms with Crippen LogP contribution in [0.5, 0.6) is 0 Å². The smallest absolute Gasteiger partial charge is 0.270 e. The third-order valence-electron chi connectivity index (χ3n) is 4.45. The molecule has 0 bridgehead atoms. The van der Waals surface area contributed by atoms with Gasteiger partial charge < -0.3 is 4.52 Å². The van der Waals surface area contributed by atoms with E-state index in [2.05, 4.69) is 21.0 Å². The summed E-state index contributed by atoms with van der Waals surface area (Å²) in [5.74, 6) is -0.789. The number of rotatable bonds is 4. The molecule has 2 heterocycles. The van der Waals surface area contributed by atoms with Crippen molar-refractivity contribution in [2.75, 3.05) is 0 Å². The lowest BCUT2D eigenvalue weighted by molar-refractivity contribution is -0.121. The summed E-state index contributed by atoms with van der Waals surface area (Å²) in [7, 11) is 0. The van der Waals surface area contributed by atoms with Gasteiger partial charge >= 0.3 is 0 Å². The predicted molar refractivity (Wildman–Crippen MR) is 108 cm³/mol. The normalized spacial score (nSPS) is 10.7. The molecule has 7 heteroatoms. The fraction of sp³-hybridized carbons (Fsp3) is 0.0909. The van der Waals surface area contributed by atoms with Gasteiger partial charge in [-0.25, -0.2) is 4.98 Å². The van der Waals surface area contributed by atoms with E-state index in [1.807, 2.05) is 60.7 Å². The number of hydrazine groups is 1. The molecule has 0 spiro atoms. The number of nitrogens with zero attached hydrogens (tertiary/aromatic N) is 2. The monoisotopic (exact) mass is 386 g/mol. The number of amides is 2. The number of hydrogen-bond donors (Lipinski definition) is 2. The summed E-state index contributed by atoms with van der Waals surface area (Å²) in [5, 5.41) is 4.43. The van der Waals surface area contributed by atoms with Crippen molar-refractivity contribution in [2.24, 2.45) is 0 Å². The van der Waals surface area contributed by atoms with Crippen molar-refractivity contribution in [3.8, 4) is 11.3 Å². The van der Waals surface area contributed by atoms with Crippen molar-refractivity contribution in [1.82, 2.24) is 21.0 Å². The van der Waals surface area contributed by atoms with Crippen LogP contribution in [-0.4, -0.2) is 22.0 Å². The predicted octanol–water partition coefficient (Wildman–Crippen LogP) is 3.20. The van der Waals surface area contributed by atoms with Crippen LogP contribution in [0.2, 0.25) is 0 Å². The summed E-state index contributed by atoms with van der Waals surface area (Å²) in [6, 6.07) is 20.4.